The van der Waals surface area contributed by atoms with Crippen LogP contribution in [0.1, 0.15) is 33.6 Å². The van der Waals surface area contributed by atoms with Crippen LogP contribution in [0.15, 0.2) is 0 Å². The minimum Gasteiger partial charge on any atom is -0.469 e. The van der Waals surface area contributed by atoms with Gasteiger partial charge in [0.25, 0.3) is 0 Å². The van der Waals surface area contributed by atoms with Gasteiger partial charge in [0.05, 0.1) is 19.1 Å². The first-order valence-electron chi connectivity index (χ1n) is 6.53. The summed E-state index contributed by atoms with van der Waals surface area (Å²) in [6.45, 7) is 5.15. The van der Waals surface area contributed by atoms with Crippen molar-refractivity contribution in [1.29, 1.82) is 0 Å². The quantitative estimate of drug-likeness (QED) is 0.538. The number of methoxy groups -OCH3 is 1. The topological polar surface area (TPSA) is 82.1 Å². The Balaban J connectivity index is 2.09. The Morgan fingerprint density at radius 1 is 1.30 bits per heavy atom. The van der Waals surface area contributed by atoms with E-state index in [-0.39, 0.29) is 11.9 Å². The van der Waals surface area contributed by atoms with Crippen molar-refractivity contribution in [2.45, 2.75) is 51.4 Å². The molecule has 1 aliphatic carbocycles. The Labute approximate surface area is 117 Å². The molecule has 2 rings (SSSR count). The van der Waals surface area contributed by atoms with Crippen molar-refractivity contribution in [2.75, 3.05) is 7.11 Å². The van der Waals surface area contributed by atoms with Crippen LogP contribution in [-0.4, -0.2) is 47.9 Å². The molecule has 0 radical (unpaired) electrons. The summed E-state index contributed by atoms with van der Waals surface area (Å²) in [5.41, 5.74) is -0.699. The average Bonchev–Trinajstić information content (AvgIpc) is 2.81. The number of carbonyl (C=O) groups is 3. The third-order valence-corrected chi connectivity index (χ3v) is 3.38. The van der Waals surface area contributed by atoms with Crippen LogP contribution in [0.2, 0.25) is 0 Å². The summed E-state index contributed by atoms with van der Waals surface area (Å²) in [5.74, 6) is -0.701. The number of fused-ring (bicyclic) bond motifs is 1. The number of nitrogens with zero attached hydrogens (tertiary/aromatic N) is 1. The lowest BCUT2D eigenvalue weighted by Gasteiger charge is -2.25. The van der Waals surface area contributed by atoms with Crippen molar-refractivity contribution >= 4 is 18.2 Å². The summed E-state index contributed by atoms with van der Waals surface area (Å²) in [6.07, 6.45) is -1.18. The molecule has 0 unspecified atom stereocenters. The summed E-state index contributed by atoms with van der Waals surface area (Å²) in [6, 6.07) is -0.457. The highest BCUT2D eigenvalue weighted by molar-refractivity contribution is 5.90. The lowest BCUT2D eigenvalue weighted by Crippen LogP contribution is -2.42. The molecule has 1 saturated carbocycles. The van der Waals surface area contributed by atoms with Gasteiger partial charge in [-0.2, -0.15) is 0 Å². The molecule has 0 spiro atoms. The molecular weight excluding hydrogens is 266 g/mol. The molecule has 0 aromatic carbocycles. The Morgan fingerprint density at radius 2 is 1.95 bits per heavy atom. The van der Waals surface area contributed by atoms with Crippen LogP contribution in [0.4, 0.5) is 9.59 Å². The van der Waals surface area contributed by atoms with Gasteiger partial charge < -0.3 is 14.2 Å². The number of hydrogen-bond donors (Lipinski definition) is 0. The Hall–Kier alpha value is -1.79. The molecule has 0 N–H and O–H groups in total. The zero-order chi connectivity index (χ0) is 15.1. The molecule has 1 saturated heterocycles. The number of carbonyl (C=O) groups excluding carboxylic acids is 3. The monoisotopic (exact) mass is 285 g/mol. The van der Waals surface area contributed by atoms with Gasteiger partial charge in [0.15, 0.2) is 0 Å². The van der Waals surface area contributed by atoms with E-state index in [1.54, 1.807) is 20.8 Å². The van der Waals surface area contributed by atoms with Gasteiger partial charge in [-0.3, -0.25) is 4.79 Å². The fourth-order valence-electron chi connectivity index (χ4n) is 2.58. The molecule has 0 aromatic heterocycles. The predicted octanol–water partition coefficient (Wildman–Crippen LogP) is 1.69. The predicted molar refractivity (Wildman–Crippen MR) is 66.9 cm³/mol. The second kappa shape index (κ2) is 4.96. The maximum Gasteiger partial charge on any atom is 0.420 e. The summed E-state index contributed by atoms with van der Waals surface area (Å²) < 4.78 is 15.0. The van der Waals surface area contributed by atoms with Gasteiger partial charge in [-0.25, -0.2) is 14.5 Å². The van der Waals surface area contributed by atoms with E-state index in [2.05, 4.69) is 4.74 Å². The van der Waals surface area contributed by atoms with Gasteiger partial charge in [0, 0.05) is 0 Å². The highest BCUT2D eigenvalue weighted by Gasteiger charge is 2.53. The summed E-state index contributed by atoms with van der Waals surface area (Å²) >= 11 is 0. The minimum atomic E-state index is -0.736. The highest BCUT2D eigenvalue weighted by atomic mass is 16.6. The van der Waals surface area contributed by atoms with Gasteiger partial charge in [-0.05, 0) is 33.6 Å². The van der Waals surface area contributed by atoms with Crippen molar-refractivity contribution in [2.24, 2.45) is 5.92 Å². The summed E-state index contributed by atoms with van der Waals surface area (Å²) in [4.78, 5) is 36.3. The number of esters is 1. The van der Waals surface area contributed by atoms with Gasteiger partial charge in [-0.15, -0.1) is 0 Å². The van der Waals surface area contributed by atoms with E-state index >= 15 is 0 Å². The number of amides is 2. The maximum absolute atomic E-state index is 12.0. The molecule has 0 aromatic rings. The van der Waals surface area contributed by atoms with Crippen molar-refractivity contribution in [3.63, 3.8) is 0 Å². The zero-order valence-corrected chi connectivity index (χ0v) is 12.0. The van der Waals surface area contributed by atoms with Crippen molar-refractivity contribution in [3.05, 3.63) is 0 Å². The molecule has 112 valence electrons. The number of hydrogen-bond acceptors (Lipinski definition) is 6. The molecule has 2 amide bonds. The highest BCUT2D eigenvalue weighted by Crippen LogP contribution is 2.38. The minimum absolute atomic E-state index is 0.348. The van der Waals surface area contributed by atoms with Gasteiger partial charge in [-0.1, -0.05) is 0 Å². The number of rotatable bonds is 1. The molecule has 2 aliphatic rings. The van der Waals surface area contributed by atoms with Crippen molar-refractivity contribution in [3.8, 4) is 0 Å². The van der Waals surface area contributed by atoms with E-state index in [0.29, 0.717) is 12.8 Å². The van der Waals surface area contributed by atoms with E-state index in [9.17, 15) is 14.4 Å². The summed E-state index contributed by atoms with van der Waals surface area (Å²) in [7, 11) is 1.31. The molecule has 1 heterocycles. The van der Waals surface area contributed by atoms with Crippen LogP contribution < -0.4 is 0 Å². The first-order valence-corrected chi connectivity index (χ1v) is 6.53. The number of imide groups is 1. The second-order valence-corrected chi connectivity index (χ2v) is 6.03. The van der Waals surface area contributed by atoms with E-state index in [1.807, 2.05) is 0 Å². The molecule has 3 atom stereocenters. The molecule has 20 heavy (non-hydrogen) atoms. The van der Waals surface area contributed by atoms with Crippen LogP contribution in [0.5, 0.6) is 0 Å². The second-order valence-electron chi connectivity index (χ2n) is 6.03. The maximum atomic E-state index is 12.0. The normalized spacial score (nSPS) is 28.9. The molecule has 7 heteroatoms. The van der Waals surface area contributed by atoms with E-state index < -0.39 is 29.9 Å². The lowest BCUT2D eigenvalue weighted by molar-refractivity contribution is -0.145. The third-order valence-electron chi connectivity index (χ3n) is 3.38. The largest absolute Gasteiger partial charge is 0.469 e. The molecular formula is C13H19NO6. The van der Waals surface area contributed by atoms with Crippen LogP contribution in [0.3, 0.4) is 0 Å². The van der Waals surface area contributed by atoms with Crippen LogP contribution >= 0.6 is 0 Å². The Kier molecular flexibility index (Phi) is 3.62. The average molecular weight is 285 g/mol. The van der Waals surface area contributed by atoms with Crippen LogP contribution in [-0.2, 0) is 19.0 Å². The van der Waals surface area contributed by atoms with Gasteiger partial charge in [0.2, 0.25) is 0 Å². The smallest absolute Gasteiger partial charge is 0.420 e. The van der Waals surface area contributed by atoms with Gasteiger partial charge in [0.1, 0.15) is 11.7 Å². The SMILES string of the molecule is COC(=O)[C@@H]1C[C@H]2OC(=O)N(C(=O)OC(C)(C)C)[C@H]2C1. The van der Waals surface area contributed by atoms with Crippen LogP contribution in [0, 0.1) is 5.92 Å². The molecule has 2 fully saturated rings. The van der Waals surface area contributed by atoms with Crippen molar-refractivity contribution < 1.29 is 28.6 Å². The first kappa shape index (κ1) is 14.6. The summed E-state index contributed by atoms with van der Waals surface area (Å²) in [5, 5.41) is 0. The lowest BCUT2D eigenvalue weighted by atomic mass is 10.1. The molecule has 7 nitrogen and oxygen atoms in total. The number of ether oxygens (including phenoxy) is 3. The fourth-order valence-corrected chi connectivity index (χ4v) is 2.58. The molecule has 1 aliphatic heterocycles. The Morgan fingerprint density at radius 3 is 2.50 bits per heavy atom. The molecule has 0 bridgehead atoms. The van der Waals surface area contributed by atoms with E-state index in [1.165, 1.54) is 7.11 Å². The fraction of sp³-hybridized carbons (Fsp3) is 0.769. The van der Waals surface area contributed by atoms with Gasteiger partial charge >= 0.3 is 18.2 Å². The zero-order valence-electron chi connectivity index (χ0n) is 12.0. The third kappa shape index (κ3) is 2.71. The van der Waals surface area contributed by atoms with Crippen LogP contribution in [0.25, 0.3) is 0 Å². The van der Waals surface area contributed by atoms with E-state index in [0.717, 1.165) is 4.90 Å². The standard InChI is InChI=1S/C13H19NO6/c1-13(2,3)20-12(17)14-8-5-7(10(15)18-4)6-9(8)19-11(14)16/h7-9H,5-6H2,1-4H3/t7-,8-,9+/m0/s1. The first-order chi connectivity index (χ1) is 9.23. The van der Waals surface area contributed by atoms with E-state index in [4.69, 9.17) is 9.47 Å². The Bertz CT molecular complexity index is 441. The van der Waals surface area contributed by atoms with Crippen molar-refractivity contribution in [1.82, 2.24) is 4.90 Å².